The number of fused-ring (bicyclic) bond motifs is 7. The molecule has 13 rings (SSSR count). The summed E-state index contributed by atoms with van der Waals surface area (Å²) in [5.74, 6) is 0. The second kappa shape index (κ2) is 13.8. The lowest BCUT2D eigenvalue weighted by Crippen LogP contribution is -2.00. The molecular weight excluding hydrogens is 771 g/mol. The summed E-state index contributed by atoms with van der Waals surface area (Å²) in [6.07, 6.45) is 9.92. The van der Waals surface area contributed by atoms with E-state index in [2.05, 4.69) is 198 Å². The molecule has 286 valence electrons. The van der Waals surface area contributed by atoms with Crippen LogP contribution in [0.2, 0.25) is 0 Å². The van der Waals surface area contributed by atoms with Crippen LogP contribution in [0.15, 0.2) is 199 Å². The molecule has 0 amide bonds. The molecule has 11 aromatic rings. The zero-order chi connectivity index (χ0) is 40.7. The Bertz CT molecular complexity index is 3900. The molecule has 4 heterocycles. The number of aromatic nitrogens is 1. The Morgan fingerprint density at radius 1 is 0.435 bits per heavy atom. The number of nitrogens with zero attached hydrogens (tertiary/aromatic N) is 3. The van der Waals surface area contributed by atoms with Crippen LogP contribution < -0.4 is 4.67 Å². The maximum absolute atomic E-state index is 5.54. The van der Waals surface area contributed by atoms with Gasteiger partial charge in [-0.15, -0.1) is 16.0 Å². The van der Waals surface area contributed by atoms with Gasteiger partial charge in [-0.3, -0.25) is 4.99 Å². The van der Waals surface area contributed by atoms with Crippen LogP contribution in [0, 0.1) is 0 Å². The standard InChI is InChI=1S/C58H34N3S/c1-2-12-37(13-3-1)56-55-54(57(44-26-28-59-34-44)62-58(55)50-27-29-60-50)48-25-23-41(33-51(48)61-56)40-22-24-47-49(32-40)53(43-21-19-36-11-5-7-15-39(36)31-43)46-17-9-8-16-45(46)52(47)42-20-18-35-10-4-6-14-38(35)30-42/h1-34H/q+1. The summed E-state index contributed by atoms with van der Waals surface area (Å²) in [4.78, 5) is 12.6. The highest BCUT2D eigenvalue weighted by molar-refractivity contribution is 7.18. The summed E-state index contributed by atoms with van der Waals surface area (Å²) in [6, 6.07) is 64.5. The van der Waals surface area contributed by atoms with Crippen LogP contribution >= 0.6 is 11.3 Å². The van der Waals surface area contributed by atoms with E-state index in [1.807, 2.05) is 18.6 Å². The van der Waals surface area contributed by atoms with Gasteiger partial charge in [-0.05, 0) is 107 Å². The van der Waals surface area contributed by atoms with Crippen molar-refractivity contribution in [2.24, 2.45) is 4.99 Å². The minimum absolute atomic E-state index is 0.954. The first-order valence-electron chi connectivity index (χ1n) is 21.0. The monoisotopic (exact) mass is 804 g/mol. The van der Waals surface area contributed by atoms with E-state index >= 15 is 0 Å². The summed E-state index contributed by atoms with van der Waals surface area (Å²) >= 11 is 1.78. The molecule has 0 saturated heterocycles. The van der Waals surface area contributed by atoms with Gasteiger partial charge in [0.05, 0.1) is 32.2 Å². The third-order valence-electron chi connectivity index (χ3n) is 12.6. The molecule has 3 nitrogen and oxygen atoms in total. The molecule has 0 spiro atoms. The van der Waals surface area contributed by atoms with Crippen molar-refractivity contribution in [2.75, 3.05) is 0 Å². The second-order valence-corrected chi connectivity index (χ2v) is 17.1. The fourth-order valence-corrected chi connectivity index (χ4v) is 11.0. The summed E-state index contributed by atoms with van der Waals surface area (Å²) in [6.45, 7) is 0. The highest BCUT2D eigenvalue weighted by Gasteiger charge is 2.27. The van der Waals surface area contributed by atoms with Crippen molar-refractivity contribution in [3.63, 3.8) is 0 Å². The van der Waals surface area contributed by atoms with E-state index in [9.17, 15) is 0 Å². The molecule has 0 aliphatic carbocycles. The van der Waals surface area contributed by atoms with Gasteiger partial charge in [-0.1, -0.05) is 152 Å². The fourth-order valence-electron chi connectivity index (χ4n) is 9.67. The Hall–Kier alpha value is -8.01. The molecule has 0 bridgehead atoms. The maximum atomic E-state index is 5.54. The third-order valence-corrected chi connectivity index (χ3v) is 13.9. The molecule has 2 aliphatic rings. The minimum Gasteiger partial charge on any atom is -0.255 e. The van der Waals surface area contributed by atoms with Crippen LogP contribution in [0.3, 0.4) is 0 Å². The molecule has 0 fully saturated rings. The Morgan fingerprint density at radius 3 is 1.66 bits per heavy atom. The molecule has 0 saturated carbocycles. The van der Waals surface area contributed by atoms with Gasteiger partial charge in [0.1, 0.15) is 0 Å². The SMILES string of the molecule is C1=CC(c2sc(C3=CC=[N+]=C3)c3c2c(-c2ccccc2)nc2cc(-c4ccc5c(-c6ccc7ccccc7c6)c6ccccc6c(-c6ccc7ccccc7c6)c5c4)ccc23)=N1. The topological polar surface area (TPSA) is 39.4 Å². The quantitative estimate of drug-likeness (QED) is 0.122. The Kier molecular flexibility index (Phi) is 7.73. The number of hydrogen-bond donors (Lipinski definition) is 0. The van der Waals surface area contributed by atoms with Crippen LogP contribution in [0.1, 0.15) is 9.75 Å². The van der Waals surface area contributed by atoms with Crippen LogP contribution in [-0.2, 0) is 0 Å². The molecule has 9 aromatic carbocycles. The number of allylic oxidation sites excluding steroid dienone is 3. The van der Waals surface area contributed by atoms with Gasteiger partial charge in [0.15, 0.2) is 0 Å². The van der Waals surface area contributed by atoms with Crippen molar-refractivity contribution in [2.45, 2.75) is 0 Å². The van der Waals surface area contributed by atoms with Crippen molar-refractivity contribution in [3.8, 4) is 44.6 Å². The number of thiophene rings is 1. The van der Waals surface area contributed by atoms with E-state index in [1.54, 1.807) is 11.3 Å². The van der Waals surface area contributed by atoms with Gasteiger partial charge in [-0.25, -0.2) is 4.98 Å². The number of aliphatic imine (C=N–C) groups is 1. The van der Waals surface area contributed by atoms with Crippen LogP contribution in [-0.4, -0.2) is 23.1 Å². The van der Waals surface area contributed by atoms with Crippen molar-refractivity contribution in [1.29, 1.82) is 0 Å². The van der Waals surface area contributed by atoms with E-state index in [0.29, 0.717) is 0 Å². The van der Waals surface area contributed by atoms with E-state index < -0.39 is 0 Å². The number of hydrogen-bond acceptors (Lipinski definition) is 3. The van der Waals surface area contributed by atoms with E-state index in [0.717, 1.165) is 54.8 Å². The van der Waals surface area contributed by atoms with Gasteiger partial charge in [-0.2, -0.15) is 0 Å². The third kappa shape index (κ3) is 5.42. The van der Waals surface area contributed by atoms with Crippen molar-refractivity contribution < 1.29 is 0 Å². The normalized spacial score (nSPS) is 13.2. The largest absolute Gasteiger partial charge is 0.301 e. The first-order valence-corrected chi connectivity index (χ1v) is 21.8. The molecule has 0 radical (unpaired) electrons. The Balaban J connectivity index is 1.09. The zero-order valence-corrected chi connectivity index (χ0v) is 34.2. The fraction of sp³-hybridized carbons (Fsp3) is 0. The van der Waals surface area contributed by atoms with Gasteiger partial charge < -0.3 is 0 Å². The summed E-state index contributed by atoms with van der Waals surface area (Å²) in [7, 11) is 0. The molecular formula is C58H34N3S+. The smallest absolute Gasteiger partial charge is 0.255 e. The highest BCUT2D eigenvalue weighted by atomic mass is 32.1. The number of pyridine rings is 1. The molecule has 62 heavy (non-hydrogen) atoms. The van der Waals surface area contributed by atoms with Crippen molar-refractivity contribution >= 4 is 99.8 Å². The van der Waals surface area contributed by atoms with Gasteiger partial charge >= 0.3 is 6.21 Å². The van der Waals surface area contributed by atoms with E-state index in [1.165, 1.54) is 75.6 Å². The summed E-state index contributed by atoms with van der Waals surface area (Å²) in [5, 5.41) is 13.3. The minimum atomic E-state index is 0.954. The Morgan fingerprint density at radius 2 is 1.02 bits per heavy atom. The summed E-state index contributed by atoms with van der Waals surface area (Å²) in [5.41, 5.74) is 12.3. The predicted octanol–water partition coefficient (Wildman–Crippen LogP) is 14.7. The number of rotatable bonds is 6. The van der Waals surface area contributed by atoms with E-state index in [4.69, 9.17) is 4.98 Å². The maximum Gasteiger partial charge on any atom is 0.301 e. The van der Waals surface area contributed by atoms with Gasteiger partial charge in [0.2, 0.25) is 0 Å². The lowest BCUT2D eigenvalue weighted by Gasteiger charge is -2.19. The summed E-state index contributed by atoms with van der Waals surface area (Å²) < 4.78 is 4.48. The first kappa shape index (κ1) is 34.8. The molecule has 0 unspecified atom stereocenters. The van der Waals surface area contributed by atoms with Crippen LogP contribution in [0.4, 0.5) is 0 Å². The first-order chi connectivity index (χ1) is 30.7. The van der Waals surface area contributed by atoms with E-state index in [-0.39, 0.29) is 0 Å². The van der Waals surface area contributed by atoms with Crippen molar-refractivity contribution in [3.05, 3.63) is 204 Å². The van der Waals surface area contributed by atoms with Gasteiger partial charge in [0, 0.05) is 34.0 Å². The van der Waals surface area contributed by atoms with Crippen LogP contribution in [0.5, 0.6) is 0 Å². The molecule has 0 N–H and O–H groups in total. The van der Waals surface area contributed by atoms with Gasteiger partial charge in [0.25, 0.3) is 6.21 Å². The molecule has 4 heteroatoms. The zero-order valence-electron chi connectivity index (χ0n) is 33.4. The average molecular weight is 805 g/mol. The molecule has 2 aliphatic heterocycles. The highest BCUT2D eigenvalue weighted by Crippen LogP contribution is 2.48. The van der Waals surface area contributed by atoms with Crippen molar-refractivity contribution in [1.82, 2.24) is 9.65 Å². The molecule has 2 aromatic heterocycles. The number of benzene rings is 9. The van der Waals surface area contributed by atoms with Crippen LogP contribution in [0.25, 0.3) is 115 Å². The Labute approximate surface area is 361 Å². The lowest BCUT2D eigenvalue weighted by molar-refractivity contribution is 1.43. The predicted molar refractivity (Wildman–Crippen MR) is 267 cm³/mol. The average Bonchev–Trinajstić information content (AvgIpc) is 3.99. The second-order valence-electron chi connectivity index (χ2n) is 16.1. The lowest BCUT2D eigenvalue weighted by atomic mass is 9.84. The molecule has 0 atom stereocenters.